The lowest BCUT2D eigenvalue weighted by molar-refractivity contribution is -0.141. The van der Waals surface area contributed by atoms with Gasteiger partial charge in [-0.1, -0.05) is 0 Å². The van der Waals surface area contributed by atoms with E-state index in [1.165, 1.54) is 25.6 Å². The molecule has 0 saturated carbocycles. The van der Waals surface area contributed by atoms with Crippen molar-refractivity contribution in [1.82, 2.24) is 9.97 Å². The van der Waals surface area contributed by atoms with Gasteiger partial charge in [0.1, 0.15) is 23.5 Å². The van der Waals surface area contributed by atoms with E-state index in [0.717, 1.165) is 18.9 Å². The molecule has 1 aliphatic rings. The highest BCUT2D eigenvalue weighted by Crippen LogP contribution is 2.21. The summed E-state index contributed by atoms with van der Waals surface area (Å²) in [6.45, 7) is 5.22. The summed E-state index contributed by atoms with van der Waals surface area (Å²) in [6, 6.07) is 1.82. The second-order valence-electron chi connectivity index (χ2n) is 5.36. The van der Waals surface area contributed by atoms with E-state index in [2.05, 4.69) is 20.2 Å². The van der Waals surface area contributed by atoms with Gasteiger partial charge in [0.25, 0.3) is 0 Å². The van der Waals surface area contributed by atoms with Crippen LogP contribution in [0.2, 0.25) is 0 Å². The molecule has 6 nitrogen and oxygen atoms in total. The minimum Gasteiger partial charge on any atom is -0.480 e. The Morgan fingerprint density at radius 1 is 1.32 bits per heavy atom. The predicted molar refractivity (Wildman–Crippen MR) is 73.4 cm³/mol. The highest BCUT2D eigenvalue weighted by atomic mass is 16.4. The molecule has 0 unspecified atom stereocenters. The molecule has 19 heavy (non-hydrogen) atoms. The van der Waals surface area contributed by atoms with Gasteiger partial charge in [-0.3, -0.25) is 0 Å². The molecule has 2 N–H and O–H groups in total. The number of hydrogen-bond donors (Lipinski definition) is 2. The molecule has 0 radical (unpaired) electrons. The maximum Gasteiger partial charge on any atom is 0.328 e. The Labute approximate surface area is 112 Å². The summed E-state index contributed by atoms with van der Waals surface area (Å²) in [5.74, 6) is 0.493. The molecule has 0 bridgehead atoms. The van der Waals surface area contributed by atoms with Crippen molar-refractivity contribution in [2.45, 2.75) is 38.6 Å². The van der Waals surface area contributed by atoms with Crippen LogP contribution in [0, 0.1) is 0 Å². The van der Waals surface area contributed by atoms with Gasteiger partial charge in [0, 0.05) is 19.2 Å². The van der Waals surface area contributed by atoms with Crippen LogP contribution in [0.5, 0.6) is 0 Å². The van der Waals surface area contributed by atoms with Crippen molar-refractivity contribution in [1.29, 1.82) is 0 Å². The van der Waals surface area contributed by atoms with E-state index in [-0.39, 0.29) is 0 Å². The molecule has 0 spiro atoms. The molecule has 1 aromatic rings. The molecule has 0 aromatic carbocycles. The van der Waals surface area contributed by atoms with Gasteiger partial charge in [0.05, 0.1) is 0 Å². The minimum atomic E-state index is -1.05. The van der Waals surface area contributed by atoms with Gasteiger partial charge in [-0.2, -0.15) is 0 Å². The van der Waals surface area contributed by atoms with E-state index in [1.807, 2.05) is 6.07 Å². The monoisotopic (exact) mass is 264 g/mol. The maximum absolute atomic E-state index is 11.1. The average molecular weight is 264 g/mol. The zero-order valence-corrected chi connectivity index (χ0v) is 11.4. The lowest BCUT2D eigenvalue weighted by Crippen LogP contribution is -2.40. The number of carbonyl (C=O) groups is 1. The topological polar surface area (TPSA) is 78.3 Å². The second-order valence-corrected chi connectivity index (χ2v) is 5.36. The molecular weight excluding hydrogens is 244 g/mol. The Balaban J connectivity index is 2.12. The first-order valence-corrected chi connectivity index (χ1v) is 6.57. The molecule has 1 aliphatic heterocycles. The smallest absolute Gasteiger partial charge is 0.328 e. The molecule has 104 valence electrons. The largest absolute Gasteiger partial charge is 0.480 e. The molecular formula is C13H20N4O2. The van der Waals surface area contributed by atoms with Gasteiger partial charge in [-0.15, -0.1) is 0 Å². The van der Waals surface area contributed by atoms with Gasteiger partial charge < -0.3 is 15.3 Å². The number of rotatable bonds is 4. The number of aliphatic carboxylic acids is 1. The maximum atomic E-state index is 11.1. The van der Waals surface area contributed by atoms with Gasteiger partial charge in [-0.25, -0.2) is 14.8 Å². The summed E-state index contributed by atoms with van der Waals surface area (Å²) < 4.78 is 0. The molecule has 6 heteroatoms. The van der Waals surface area contributed by atoms with Crippen molar-refractivity contribution >= 4 is 17.6 Å². The first-order valence-electron chi connectivity index (χ1n) is 6.57. The van der Waals surface area contributed by atoms with Crippen molar-refractivity contribution in [3.05, 3.63) is 12.4 Å². The number of anilines is 2. The quantitative estimate of drug-likeness (QED) is 0.862. The Morgan fingerprint density at radius 3 is 2.63 bits per heavy atom. The molecule has 0 aliphatic carbocycles. The predicted octanol–water partition coefficient (Wildman–Crippen LogP) is 1.74. The molecule has 2 heterocycles. The van der Waals surface area contributed by atoms with E-state index in [4.69, 9.17) is 5.11 Å². The van der Waals surface area contributed by atoms with Crippen LogP contribution >= 0.6 is 0 Å². The van der Waals surface area contributed by atoms with Crippen LogP contribution in [0.4, 0.5) is 11.6 Å². The molecule has 2 rings (SSSR count). The van der Waals surface area contributed by atoms with Crippen molar-refractivity contribution in [2.75, 3.05) is 23.3 Å². The highest BCUT2D eigenvalue weighted by molar-refractivity contribution is 5.81. The van der Waals surface area contributed by atoms with Crippen LogP contribution in [0.3, 0.4) is 0 Å². The highest BCUT2D eigenvalue weighted by Gasteiger charge is 2.27. The number of nitrogens with one attached hydrogen (secondary N) is 1. The van der Waals surface area contributed by atoms with Crippen LogP contribution in [-0.2, 0) is 4.79 Å². The van der Waals surface area contributed by atoms with Crippen LogP contribution < -0.4 is 10.2 Å². The zero-order valence-electron chi connectivity index (χ0n) is 11.4. The lowest BCUT2D eigenvalue weighted by atomic mass is 10.1. The average Bonchev–Trinajstić information content (AvgIpc) is 2.39. The Hall–Kier alpha value is -1.85. The fourth-order valence-corrected chi connectivity index (χ4v) is 2.08. The van der Waals surface area contributed by atoms with Crippen LogP contribution in [0.25, 0.3) is 0 Å². The van der Waals surface area contributed by atoms with E-state index in [9.17, 15) is 4.79 Å². The summed E-state index contributed by atoms with van der Waals surface area (Å²) in [7, 11) is 0. The van der Waals surface area contributed by atoms with Crippen LogP contribution in [0.1, 0.15) is 33.1 Å². The van der Waals surface area contributed by atoms with Crippen LogP contribution in [0.15, 0.2) is 12.4 Å². The lowest BCUT2D eigenvalue weighted by Gasteiger charge is -2.28. The molecule has 1 fully saturated rings. The number of carboxylic acid groups (broad SMARTS) is 1. The second kappa shape index (κ2) is 5.42. The first kappa shape index (κ1) is 13.6. The molecule has 1 saturated heterocycles. The number of piperidine rings is 1. The minimum absolute atomic E-state index is 0.544. The summed E-state index contributed by atoms with van der Waals surface area (Å²) in [5, 5.41) is 12.0. The number of nitrogens with zero attached hydrogens (tertiary/aromatic N) is 3. The fourth-order valence-electron chi connectivity index (χ4n) is 2.08. The van der Waals surface area contributed by atoms with E-state index < -0.39 is 11.5 Å². The van der Waals surface area contributed by atoms with Crippen molar-refractivity contribution in [2.24, 2.45) is 0 Å². The van der Waals surface area contributed by atoms with E-state index in [1.54, 1.807) is 13.8 Å². The molecule has 0 atom stereocenters. The Morgan fingerprint density at radius 2 is 2.00 bits per heavy atom. The molecule has 0 amide bonds. The number of carboxylic acids is 1. The van der Waals surface area contributed by atoms with Gasteiger partial charge in [0.15, 0.2) is 0 Å². The summed E-state index contributed by atoms with van der Waals surface area (Å²) in [4.78, 5) is 21.7. The Bertz CT molecular complexity index is 456. The van der Waals surface area contributed by atoms with Crippen molar-refractivity contribution in [3.63, 3.8) is 0 Å². The van der Waals surface area contributed by atoms with Crippen molar-refractivity contribution < 1.29 is 9.90 Å². The third-order valence-corrected chi connectivity index (χ3v) is 3.31. The third kappa shape index (κ3) is 3.33. The standard InChI is InChI=1S/C13H20N4O2/c1-13(2,12(18)19)16-10-8-11(15-9-14-10)17-6-4-3-5-7-17/h8-9H,3-7H2,1-2H3,(H,18,19)(H,14,15,16). The third-order valence-electron chi connectivity index (χ3n) is 3.31. The zero-order chi connectivity index (χ0) is 13.9. The fraction of sp³-hybridized carbons (Fsp3) is 0.615. The van der Waals surface area contributed by atoms with Crippen molar-refractivity contribution in [3.8, 4) is 0 Å². The number of hydrogen-bond acceptors (Lipinski definition) is 5. The van der Waals surface area contributed by atoms with Gasteiger partial charge in [0.2, 0.25) is 0 Å². The Kier molecular flexibility index (Phi) is 3.87. The van der Waals surface area contributed by atoms with Crippen LogP contribution in [-0.4, -0.2) is 39.7 Å². The first-order chi connectivity index (χ1) is 8.99. The SMILES string of the molecule is CC(C)(Nc1cc(N2CCCCC2)ncn1)C(=O)O. The van der Waals surface area contributed by atoms with Gasteiger partial charge >= 0.3 is 5.97 Å². The summed E-state index contributed by atoms with van der Waals surface area (Å²) >= 11 is 0. The van der Waals surface area contributed by atoms with E-state index >= 15 is 0 Å². The summed E-state index contributed by atoms with van der Waals surface area (Å²) in [6.07, 6.45) is 5.09. The summed E-state index contributed by atoms with van der Waals surface area (Å²) in [5.41, 5.74) is -1.05. The van der Waals surface area contributed by atoms with Gasteiger partial charge in [-0.05, 0) is 33.1 Å². The number of aromatic nitrogens is 2. The van der Waals surface area contributed by atoms with E-state index in [0.29, 0.717) is 5.82 Å². The normalized spacial score (nSPS) is 16.2. The molecule has 1 aromatic heterocycles.